The van der Waals surface area contributed by atoms with E-state index in [4.69, 9.17) is 4.74 Å². The number of carbonyl (C=O) groups is 2. The van der Waals surface area contributed by atoms with Gasteiger partial charge in [-0.1, -0.05) is 6.07 Å². The number of hydrogen-bond acceptors (Lipinski definition) is 5. The fraction of sp³-hybridized carbons (Fsp3) is 0.529. The molecule has 1 saturated carbocycles. The summed E-state index contributed by atoms with van der Waals surface area (Å²) >= 11 is 0. The lowest BCUT2D eigenvalue weighted by molar-refractivity contribution is -0.125. The van der Waals surface area contributed by atoms with E-state index < -0.39 is 9.84 Å². The van der Waals surface area contributed by atoms with Crippen LogP contribution in [0.1, 0.15) is 18.4 Å². The highest BCUT2D eigenvalue weighted by molar-refractivity contribution is 7.91. The van der Waals surface area contributed by atoms with Crippen molar-refractivity contribution in [1.82, 2.24) is 5.32 Å². The number of sulfone groups is 1. The van der Waals surface area contributed by atoms with Crippen molar-refractivity contribution in [1.29, 1.82) is 0 Å². The van der Waals surface area contributed by atoms with Gasteiger partial charge in [0.05, 0.1) is 36.1 Å². The molecule has 1 aliphatic carbocycles. The van der Waals surface area contributed by atoms with Crippen LogP contribution in [0.25, 0.3) is 0 Å². The van der Waals surface area contributed by atoms with Gasteiger partial charge in [0, 0.05) is 6.04 Å². The molecule has 136 valence electrons. The van der Waals surface area contributed by atoms with Crippen molar-refractivity contribution in [2.45, 2.75) is 25.8 Å². The molecule has 2 aliphatic rings. The maximum atomic E-state index is 12.4. The number of nitrogens with one attached hydrogen (secondary N) is 2. The summed E-state index contributed by atoms with van der Waals surface area (Å²) in [5.74, 6) is -0.566. The molecule has 3 unspecified atom stereocenters. The van der Waals surface area contributed by atoms with Crippen LogP contribution in [0.15, 0.2) is 18.2 Å². The van der Waals surface area contributed by atoms with E-state index >= 15 is 0 Å². The highest BCUT2D eigenvalue weighted by Crippen LogP contribution is 2.40. The zero-order chi connectivity index (χ0) is 18.2. The highest BCUT2D eigenvalue weighted by atomic mass is 32.2. The molecule has 0 aromatic heterocycles. The second kappa shape index (κ2) is 6.67. The van der Waals surface area contributed by atoms with Gasteiger partial charge in [-0.05, 0) is 37.5 Å². The van der Waals surface area contributed by atoms with E-state index in [2.05, 4.69) is 10.6 Å². The largest absolute Gasteiger partial charge is 0.495 e. The molecule has 2 N–H and O–H groups in total. The van der Waals surface area contributed by atoms with Crippen molar-refractivity contribution in [2.75, 3.05) is 23.9 Å². The van der Waals surface area contributed by atoms with Crippen LogP contribution in [0.3, 0.4) is 0 Å². The van der Waals surface area contributed by atoms with E-state index in [-0.39, 0.29) is 41.2 Å². The second-order valence-electron chi connectivity index (χ2n) is 6.75. The monoisotopic (exact) mass is 366 g/mol. The summed E-state index contributed by atoms with van der Waals surface area (Å²) in [5, 5.41) is 5.57. The molecular formula is C17H22N2O5S. The van der Waals surface area contributed by atoms with E-state index in [1.807, 2.05) is 19.1 Å². The summed E-state index contributed by atoms with van der Waals surface area (Å²) in [6.45, 7) is 1.91. The molecule has 3 rings (SSSR count). The molecule has 0 radical (unpaired) electrons. The third kappa shape index (κ3) is 4.12. The van der Waals surface area contributed by atoms with Gasteiger partial charge in [-0.3, -0.25) is 9.59 Å². The molecular weight excluding hydrogens is 344 g/mol. The number of anilines is 1. The highest BCUT2D eigenvalue weighted by Gasteiger charge is 2.49. The van der Waals surface area contributed by atoms with E-state index in [1.165, 1.54) is 7.11 Å². The summed E-state index contributed by atoms with van der Waals surface area (Å²) in [6, 6.07) is 5.15. The Morgan fingerprint density at radius 3 is 2.56 bits per heavy atom. The van der Waals surface area contributed by atoms with Gasteiger partial charge >= 0.3 is 0 Å². The summed E-state index contributed by atoms with van der Waals surface area (Å²) < 4.78 is 28.1. The first-order valence-electron chi connectivity index (χ1n) is 8.25. The normalized spacial score (nSPS) is 26.7. The van der Waals surface area contributed by atoms with Crippen LogP contribution in [-0.2, 0) is 19.4 Å². The zero-order valence-corrected chi connectivity index (χ0v) is 15.1. The molecule has 3 atom stereocenters. The number of aryl methyl sites for hydroxylation is 1. The molecule has 25 heavy (non-hydrogen) atoms. The lowest BCUT2D eigenvalue weighted by Crippen LogP contribution is -2.37. The fourth-order valence-electron chi connectivity index (χ4n) is 3.14. The van der Waals surface area contributed by atoms with Crippen molar-refractivity contribution in [3.8, 4) is 5.75 Å². The molecule has 0 bridgehead atoms. The van der Waals surface area contributed by atoms with Crippen LogP contribution in [-0.4, -0.2) is 44.9 Å². The van der Waals surface area contributed by atoms with Gasteiger partial charge in [0.2, 0.25) is 11.8 Å². The van der Waals surface area contributed by atoms with Gasteiger partial charge in [0.25, 0.3) is 0 Å². The SMILES string of the molecule is COc1ccc(C)cc1NC(=O)C1CC1C(=O)NC1CCS(=O)(=O)C1. The lowest BCUT2D eigenvalue weighted by atomic mass is 10.2. The van der Waals surface area contributed by atoms with Crippen LogP contribution in [0.4, 0.5) is 5.69 Å². The molecule has 8 heteroatoms. The lowest BCUT2D eigenvalue weighted by Gasteiger charge is -2.12. The number of benzene rings is 1. The van der Waals surface area contributed by atoms with Crippen LogP contribution in [0.5, 0.6) is 5.75 Å². The summed E-state index contributed by atoms with van der Waals surface area (Å²) in [4.78, 5) is 24.6. The zero-order valence-electron chi connectivity index (χ0n) is 14.2. The molecule has 1 aromatic rings. The van der Waals surface area contributed by atoms with Gasteiger partial charge in [-0.2, -0.15) is 0 Å². The van der Waals surface area contributed by atoms with Crippen molar-refractivity contribution < 1.29 is 22.7 Å². The molecule has 1 heterocycles. The minimum atomic E-state index is -3.04. The van der Waals surface area contributed by atoms with E-state index in [1.54, 1.807) is 6.07 Å². The summed E-state index contributed by atoms with van der Waals surface area (Å²) in [6.07, 6.45) is 0.920. The summed E-state index contributed by atoms with van der Waals surface area (Å²) in [5.41, 5.74) is 1.57. The number of amides is 2. The maximum absolute atomic E-state index is 12.4. The minimum Gasteiger partial charge on any atom is -0.495 e. The number of carbonyl (C=O) groups excluding carboxylic acids is 2. The first-order chi connectivity index (χ1) is 11.8. The predicted octanol–water partition coefficient (Wildman–Crippen LogP) is 0.882. The van der Waals surface area contributed by atoms with Gasteiger partial charge < -0.3 is 15.4 Å². The Bertz CT molecular complexity index is 805. The molecule has 1 aliphatic heterocycles. The van der Waals surface area contributed by atoms with Crippen molar-refractivity contribution in [2.24, 2.45) is 11.8 Å². The predicted molar refractivity (Wildman–Crippen MR) is 93.2 cm³/mol. The molecule has 2 fully saturated rings. The summed E-state index contributed by atoms with van der Waals surface area (Å²) in [7, 11) is -1.51. The number of methoxy groups -OCH3 is 1. The smallest absolute Gasteiger partial charge is 0.228 e. The average molecular weight is 366 g/mol. The van der Waals surface area contributed by atoms with Gasteiger partial charge in [0.15, 0.2) is 9.84 Å². The van der Waals surface area contributed by atoms with E-state index in [9.17, 15) is 18.0 Å². The first kappa shape index (κ1) is 17.7. The molecule has 2 amide bonds. The third-order valence-corrected chi connectivity index (χ3v) is 6.42. The Morgan fingerprint density at radius 2 is 1.92 bits per heavy atom. The van der Waals surface area contributed by atoms with Crippen LogP contribution < -0.4 is 15.4 Å². The van der Waals surface area contributed by atoms with Crippen molar-refractivity contribution >= 4 is 27.3 Å². The topological polar surface area (TPSA) is 102 Å². The Balaban J connectivity index is 1.55. The molecule has 0 spiro atoms. The van der Waals surface area contributed by atoms with Crippen LogP contribution in [0, 0.1) is 18.8 Å². The molecule has 7 nitrogen and oxygen atoms in total. The number of rotatable bonds is 5. The third-order valence-electron chi connectivity index (χ3n) is 4.66. The first-order valence-corrected chi connectivity index (χ1v) is 10.1. The van der Waals surface area contributed by atoms with Crippen molar-refractivity contribution in [3.05, 3.63) is 23.8 Å². The molecule has 1 saturated heterocycles. The van der Waals surface area contributed by atoms with Gasteiger partial charge in [0.1, 0.15) is 5.75 Å². The van der Waals surface area contributed by atoms with Gasteiger partial charge in [-0.25, -0.2) is 8.42 Å². The standard InChI is InChI=1S/C17H22N2O5S/c1-10-3-4-15(24-2)14(7-10)19-17(21)13-8-12(13)16(20)18-11-5-6-25(22,23)9-11/h3-4,7,11-13H,5-6,8-9H2,1-2H3,(H,18,20)(H,19,21). The number of ether oxygens (including phenoxy) is 1. The fourth-order valence-corrected chi connectivity index (χ4v) is 4.81. The van der Waals surface area contributed by atoms with Crippen LogP contribution >= 0.6 is 0 Å². The van der Waals surface area contributed by atoms with E-state index in [0.29, 0.717) is 24.3 Å². The minimum absolute atomic E-state index is 0.0111. The molecule has 1 aromatic carbocycles. The Kier molecular flexibility index (Phi) is 4.73. The number of hydrogen-bond donors (Lipinski definition) is 2. The average Bonchev–Trinajstić information content (AvgIpc) is 3.27. The van der Waals surface area contributed by atoms with E-state index in [0.717, 1.165) is 5.56 Å². The Hall–Kier alpha value is -2.09. The van der Waals surface area contributed by atoms with Crippen LogP contribution in [0.2, 0.25) is 0 Å². The maximum Gasteiger partial charge on any atom is 0.228 e. The van der Waals surface area contributed by atoms with Crippen molar-refractivity contribution in [3.63, 3.8) is 0 Å². The Labute approximate surface area is 147 Å². The Morgan fingerprint density at radius 1 is 1.20 bits per heavy atom. The second-order valence-corrected chi connectivity index (χ2v) is 8.98. The quantitative estimate of drug-likeness (QED) is 0.806. The van der Waals surface area contributed by atoms with Gasteiger partial charge in [-0.15, -0.1) is 0 Å².